The number of nitrogens with zero attached hydrogens (tertiary/aromatic N) is 2. The average Bonchev–Trinajstić information content (AvgIpc) is 2.59. The van der Waals surface area contributed by atoms with E-state index in [1.807, 2.05) is 10.8 Å². The molecule has 0 N–H and O–H groups in total. The molecule has 54 valence electrons. The minimum Gasteiger partial charge on any atom is -0.242 e. The van der Waals surface area contributed by atoms with E-state index in [0.717, 1.165) is 10.0 Å². The molecule has 0 spiro atoms. The SMILES string of the molecule is [Zn].[Zn].c1csc(-c2nccs2)n1. The van der Waals surface area contributed by atoms with Crippen LogP contribution in [0.2, 0.25) is 0 Å². The standard InChI is InChI=1S/C6H4N2S2.2Zn/c1-3-9-5(7-1)6-8-2-4-10-6;;/h1-4H;;. The summed E-state index contributed by atoms with van der Waals surface area (Å²) in [5.74, 6) is 0. The van der Waals surface area contributed by atoms with Gasteiger partial charge in [-0.05, 0) is 0 Å². The second-order valence-corrected chi connectivity index (χ2v) is 3.46. The minimum atomic E-state index is 0. The Morgan fingerprint density at radius 3 is 1.50 bits per heavy atom. The zero-order valence-corrected chi connectivity index (χ0v) is 14.0. The predicted molar refractivity (Wildman–Crippen MR) is 43.2 cm³/mol. The van der Waals surface area contributed by atoms with Gasteiger partial charge in [0.15, 0.2) is 10.0 Å². The van der Waals surface area contributed by atoms with Crippen LogP contribution in [-0.2, 0) is 39.0 Å². The van der Waals surface area contributed by atoms with E-state index in [2.05, 4.69) is 9.97 Å². The number of hydrogen-bond acceptors (Lipinski definition) is 4. The molecule has 0 fully saturated rings. The summed E-state index contributed by atoms with van der Waals surface area (Å²) < 4.78 is 0. The first-order chi connectivity index (χ1) is 4.97. The van der Waals surface area contributed by atoms with Gasteiger partial charge in [-0.2, -0.15) is 0 Å². The van der Waals surface area contributed by atoms with Gasteiger partial charge in [0.05, 0.1) is 0 Å². The molecule has 0 unspecified atom stereocenters. The molecule has 0 radical (unpaired) electrons. The third-order valence-corrected chi connectivity index (χ3v) is 2.74. The van der Waals surface area contributed by atoms with Gasteiger partial charge in [0.1, 0.15) is 0 Å². The Morgan fingerprint density at radius 1 is 0.833 bits per heavy atom. The third kappa shape index (κ3) is 2.77. The average molecular weight is 299 g/mol. The maximum Gasteiger partial charge on any atom is 0.152 e. The maximum atomic E-state index is 4.13. The van der Waals surface area contributed by atoms with Crippen molar-refractivity contribution in [1.82, 2.24) is 9.97 Å². The van der Waals surface area contributed by atoms with Crippen LogP contribution < -0.4 is 0 Å². The van der Waals surface area contributed by atoms with Crippen LogP contribution in [-0.4, -0.2) is 9.97 Å². The molecule has 2 heterocycles. The van der Waals surface area contributed by atoms with Gasteiger partial charge in [-0.25, -0.2) is 9.97 Å². The molecule has 2 aromatic heterocycles. The molecule has 12 heavy (non-hydrogen) atoms. The van der Waals surface area contributed by atoms with Crippen molar-refractivity contribution in [3.63, 3.8) is 0 Å². The van der Waals surface area contributed by atoms with Gasteiger partial charge in [-0.15, -0.1) is 22.7 Å². The van der Waals surface area contributed by atoms with E-state index < -0.39 is 0 Å². The Hall–Kier alpha value is 0.507. The molecule has 0 saturated heterocycles. The number of hydrogen-bond donors (Lipinski definition) is 0. The summed E-state index contributed by atoms with van der Waals surface area (Å²) in [4.78, 5) is 8.25. The predicted octanol–water partition coefficient (Wildman–Crippen LogP) is 2.26. The maximum absolute atomic E-state index is 4.13. The first-order valence-corrected chi connectivity index (χ1v) is 4.52. The summed E-state index contributed by atoms with van der Waals surface area (Å²) in [6.45, 7) is 0. The molecule has 0 bridgehead atoms. The summed E-state index contributed by atoms with van der Waals surface area (Å²) in [6.07, 6.45) is 3.59. The van der Waals surface area contributed by atoms with Gasteiger partial charge in [-0.3, -0.25) is 0 Å². The summed E-state index contributed by atoms with van der Waals surface area (Å²) in [6, 6.07) is 0. The van der Waals surface area contributed by atoms with Crippen LogP contribution >= 0.6 is 22.7 Å². The molecular weight excluding hydrogens is 295 g/mol. The fourth-order valence-corrected chi connectivity index (χ4v) is 2.00. The summed E-state index contributed by atoms with van der Waals surface area (Å²) >= 11 is 3.23. The molecule has 0 aliphatic heterocycles. The van der Waals surface area contributed by atoms with Crippen molar-refractivity contribution in [3.05, 3.63) is 23.2 Å². The molecule has 2 aromatic rings. The van der Waals surface area contributed by atoms with Crippen LogP contribution in [0, 0.1) is 0 Å². The summed E-state index contributed by atoms with van der Waals surface area (Å²) in [5.41, 5.74) is 0. The fraction of sp³-hybridized carbons (Fsp3) is 0. The van der Waals surface area contributed by atoms with E-state index in [0.29, 0.717) is 0 Å². The molecule has 0 atom stereocenters. The van der Waals surface area contributed by atoms with E-state index in [1.54, 1.807) is 35.1 Å². The zero-order chi connectivity index (χ0) is 6.81. The quantitative estimate of drug-likeness (QED) is 0.755. The van der Waals surface area contributed by atoms with Crippen LogP contribution in [0.5, 0.6) is 0 Å². The van der Waals surface area contributed by atoms with E-state index in [-0.39, 0.29) is 39.0 Å². The second kappa shape index (κ2) is 6.04. The van der Waals surface area contributed by atoms with Crippen molar-refractivity contribution in [2.24, 2.45) is 0 Å². The fourth-order valence-electron chi connectivity index (χ4n) is 0.658. The Labute approximate surface area is 104 Å². The van der Waals surface area contributed by atoms with E-state index in [1.165, 1.54) is 0 Å². The van der Waals surface area contributed by atoms with E-state index in [4.69, 9.17) is 0 Å². The molecule has 0 aliphatic rings. The number of aromatic nitrogens is 2. The van der Waals surface area contributed by atoms with Crippen molar-refractivity contribution >= 4 is 22.7 Å². The van der Waals surface area contributed by atoms with Gasteiger partial charge in [0.25, 0.3) is 0 Å². The van der Waals surface area contributed by atoms with Gasteiger partial charge < -0.3 is 0 Å². The Bertz CT molecular complexity index is 261. The Balaban J connectivity index is 0.000000605. The minimum absolute atomic E-state index is 0. The van der Waals surface area contributed by atoms with Gasteiger partial charge >= 0.3 is 0 Å². The van der Waals surface area contributed by atoms with Crippen LogP contribution in [0.25, 0.3) is 10.0 Å². The molecule has 6 heteroatoms. The summed E-state index contributed by atoms with van der Waals surface area (Å²) in [5, 5.41) is 5.93. The monoisotopic (exact) mass is 296 g/mol. The zero-order valence-electron chi connectivity index (χ0n) is 6.43. The van der Waals surface area contributed by atoms with E-state index in [9.17, 15) is 0 Å². The molecule has 2 nitrogen and oxygen atoms in total. The number of rotatable bonds is 1. The van der Waals surface area contributed by atoms with Crippen molar-refractivity contribution < 1.29 is 39.0 Å². The Morgan fingerprint density at radius 2 is 1.25 bits per heavy atom. The first-order valence-electron chi connectivity index (χ1n) is 2.76. The van der Waals surface area contributed by atoms with Crippen molar-refractivity contribution in [3.8, 4) is 10.0 Å². The van der Waals surface area contributed by atoms with Crippen molar-refractivity contribution in [1.29, 1.82) is 0 Å². The molecular formula is C6H4N2S2Zn2. The van der Waals surface area contributed by atoms with Crippen LogP contribution in [0.3, 0.4) is 0 Å². The van der Waals surface area contributed by atoms with Crippen LogP contribution in [0.4, 0.5) is 0 Å². The first kappa shape index (κ1) is 12.5. The normalized spacial score (nSPS) is 8.33. The van der Waals surface area contributed by atoms with Crippen LogP contribution in [0.1, 0.15) is 0 Å². The molecule has 0 aliphatic carbocycles. The molecule has 0 amide bonds. The van der Waals surface area contributed by atoms with Crippen molar-refractivity contribution in [2.45, 2.75) is 0 Å². The van der Waals surface area contributed by atoms with Gasteiger partial charge in [0.2, 0.25) is 0 Å². The topological polar surface area (TPSA) is 25.8 Å². The van der Waals surface area contributed by atoms with Gasteiger partial charge in [0, 0.05) is 62.1 Å². The smallest absolute Gasteiger partial charge is 0.152 e. The largest absolute Gasteiger partial charge is 0.242 e. The van der Waals surface area contributed by atoms with Crippen molar-refractivity contribution in [2.75, 3.05) is 0 Å². The summed E-state index contributed by atoms with van der Waals surface area (Å²) in [7, 11) is 0. The van der Waals surface area contributed by atoms with Gasteiger partial charge in [-0.1, -0.05) is 0 Å². The molecule has 0 aromatic carbocycles. The third-order valence-electron chi connectivity index (χ3n) is 1.05. The van der Waals surface area contributed by atoms with E-state index >= 15 is 0 Å². The van der Waals surface area contributed by atoms with Crippen LogP contribution in [0.15, 0.2) is 23.2 Å². The molecule has 2 rings (SSSR count). The second-order valence-electron chi connectivity index (χ2n) is 1.67. The number of thiazole rings is 2. The molecule has 0 saturated carbocycles. The Kier molecular flexibility index (Phi) is 6.29.